The molecule has 0 atom stereocenters. The molecule has 0 radical (unpaired) electrons. The highest BCUT2D eigenvalue weighted by molar-refractivity contribution is 5.79. The number of fused-ring (bicyclic) bond motifs is 1. The number of aromatic nitrogens is 3. The van der Waals surface area contributed by atoms with Gasteiger partial charge in [-0.25, -0.2) is 9.50 Å². The number of piperazine rings is 1. The Kier molecular flexibility index (Phi) is 10.9. The average molecular weight is 565 g/mol. The van der Waals surface area contributed by atoms with Crippen molar-refractivity contribution in [1.29, 1.82) is 0 Å². The molecule has 1 fully saturated rings. The van der Waals surface area contributed by atoms with Crippen LogP contribution in [0.25, 0.3) is 5.65 Å². The Labute approximate surface area is 239 Å². The van der Waals surface area contributed by atoms with E-state index in [0.29, 0.717) is 11.3 Å². The fourth-order valence-corrected chi connectivity index (χ4v) is 4.68. The number of hydroxylamine groups is 2. The van der Waals surface area contributed by atoms with Gasteiger partial charge in [0.1, 0.15) is 17.3 Å². The number of imidazole rings is 1. The first-order valence-electron chi connectivity index (χ1n) is 13.5. The molecule has 41 heavy (non-hydrogen) atoms. The van der Waals surface area contributed by atoms with Crippen LogP contribution < -0.4 is 5.32 Å². The van der Waals surface area contributed by atoms with E-state index in [9.17, 15) is 9.90 Å². The summed E-state index contributed by atoms with van der Waals surface area (Å²) in [4.78, 5) is 25.0. The molecule has 2 aromatic carbocycles. The smallest absolute Gasteiger partial charge is 0.315 e. The molecule has 11 heteroatoms. The third-order valence-electron chi connectivity index (χ3n) is 7.24. The SMILES string of the molecule is CC(C)(C(=O)O)c1cn2nc(NCCCN3CCN(OC(c4ccccc4)c4ccccc4)CC3)ccc2n1.O.O. The summed E-state index contributed by atoms with van der Waals surface area (Å²) in [5, 5.41) is 19.5. The van der Waals surface area contributed by atoms with Gasteiger partial charge < -0.3 is 26.3 Å². The van der Waals surface area contributed by atoms with Gasteiger partial charge in [0, 0.05) is 32.7 Å². The summed E-state index contributed by atoms with van der Waals surface area (Å²) in [5.41, 5.74) is 2.36. The number of hydrogen-bond donors (Lipinski definition) is 2. The summed E-state index contributed by atoms with van der Waals surface area (Å²) in [6.07, 6.45) is 2.56. The van der Waals surface area contributed by atoms with E-state index >= 15 is 0 Å². The Morgan fingerprint density at radius 1 is 0.951 bits per heavy atom. The Morgan fingerprint density at radius 2 is 1.56 bits per heavy atom. The van der Waals surface area contributed by atoms with Crippen molar-refractivity contribution in [1.82, 2.24) is 24.6 Å². The van der Waals surface area contributed by atoms with Gasteiger partial charge in [-0.2, -0.15) is 5.06 Å². The van der Waals surface area contributed by atoms with Crippen LogP contribution in [-0.4, -0.2) is 85.9 Å². The van der Waals surface area contributed by atoms with E-state index in [4.69, 9.17) is 4.84 Å². The van der Waals surface area contributed by atoms with Gasteiger partial charge in [0.25, 0.3) is 0 Å². The normalized spacial score (nSPS) is 14.4. The molecule has 0 spiro atoms. The van der Waals surface area contributed by atoms with Crippen LogP contribution in [0.1, 0.15) is 43.2 Å². The fourth-order valence-electron chi connectivity index (χ4n) is 4.68. The van der Waals surface area contributed by atoms with Crippen LogP contribution in [0.2, 0.25) is 0 Å². The van der Waals surface area contributed by atoms with Gasteiger partial charge in [0.05, 0.1) is 11.9 Å². The molecule has 1 aliphatic heterocycles. The highest BCUT2D eigenvalue weighted by Gasteiger charge is 2.32. The van der Waals surface area contributed by atoms with Crippen LogP contribution in [0, 0.1) is 0 Å². The Hall–Kier alpha value is -3.87. The average Bonchev–Trinajstić information content (AvgIpc) is 3.40. The highest BCUT2D eigenvalue weighted by atomic mass is 16.7. The lowest BCUT2D eigenvalue weighted by molar-refractivity contribution is -0.203. The zero-order valence-corrected chi connectivity index (χ0v) is 23.5. The molecule has 0 bridgehead atoms. The van der Waals surface area contributed by atoms with Crippen molar-refractivity contribution in [3.05, 3.63) is 95.8 Å². The lowest BCUT2D eigenvalue weighted by atomic mass is 9.90. The first-order valence-corrected chi connectivity index (χ1v) is 13.5. The van der Waals surface area contributed by atoms with Crippen LogP contribution in [0.3, 0.4) is 0 Å². The van der Waals surface area contributed by atoms with Gasteiger partial charge in [-0.05, 0) is 50.1 Å². The second kappa shape index (κ2) is 14.2. The van der Waals surface area contributed by atoms with Crippen molar-refractivity contribution < 1.29 is 25.7 Å². The molecule has 0 aliphatic carbocycles. The predicted octanol–water partition coefficient (Wildman–Crippen LogP) is 2.58. The maximum atomic E-state index is 11.6. The maximum absolute atomic E-state index is 11.6. The number of nitrogens with zero attached hydrogens (tertiary/aromatic N) is 5. The maximum Gasteiger partial charge on any atom is 0.315 e. The highest BCUT2D eigenvalue weighted by Crippen LogP contribution is 2.27. The van der Waals surface area contributed by atoms with Crippen molar-refractivity contribution in [3.63, 3.8) is 0 Å². The largest absolute Gasteiger partial charge is 0.481 e. The molecule has 2 aromatic heterocycles. The summed E-state index contributed by atoms with van der Waals surface area (Å²) in [7, 11) is 0. The summed E-state index contributed by atoms with van der Waals surface area (Å²) < 4.78 is 1.64. The number of rotatable bonds is 11. The topological polar surface area (TPSA) is 158 Å². The molecular weight excluding hydrogens is 524 g/mol. The Bertz CT molecular complexity index is 1330. The second-order valence-electron chi connectivity index (χ2n) is 10.4. The minimum absolute atomic E-state index is 0. The zero-order chi connectivity index (χ0) is 27.2. The van der Waals surface area contributed by atoms with E-state index in [1.807, 2.05) is 24.3 Å². The van der Waals surface area contributed by atoms with Gasteiger partial charge >= 0.3 is 5.97 Å². The van der Waals surface area contributed by atoms with Crippen molar-refractivity contribution >= 4 is 17.4 Å². The lowest BCUT2D eigenvalue weighted by Crippen LogP contribution is -2.47. The molecule has 1 aliphatic rings. The lowest BCUT2D eigenvalue weighted by Gasteiger charge is -2.36. The van der Waals surface area contributed by atoms with Crippen molar-refractivity contribution in [2.75, 3.05) is 44.6 Å². The van der Waals surface area contributed by atoms with Gasteiger partial charge in [-0.3, -0.25) is 9.63 Å². The molecule has 4 aromatic rings. The van der Waals surface area contributed by atoms with Crippen LogP contribution in [-0.2, 0) is 15.0 Å². The van der Waals surface area contributed by atoms with E-state index in [2.05, 4.69) is 73.9 Å². The van der Waals surface area contributed by atoms with Crippen molar-refractivity contribution in [2.45, 2.75) is 31.8 Å². The Morgan fingerprint density at radius 3 is 2.15 bits per heavy atom. The predicted molar refractivity (Wildman–Crippen MR) is 158 cm³/mol. The van der Waals surface area contributed by atoms with Crippen LogP contribution in [0.5, 0.6) is 0 Å². The standard InChI is InChI=1S/C30H36N6O3.2H2O/c1-30(2,29(37)38)25-22-36-27(32-25)15-14-26(33-36)31-16-9-17-34-18-20-35(21-19-34)39-28(23-10-5-3-6-11-23)24-12-7-4-8-13-24;;/h3-8,10-15,22,28H,9,16-21H2,1-2H3,(H,31,33)(H,37,38);2*1H2. The first kappa shape index (κ1) is 31.7. The fraction of sp³-hybridized carbons (Fsp3) is 0.367. The molecular formula is C30H40N6O5. The van der Waals surface area contributed by atoms with Gasteiger partial charge in [-0.15, -0.1) is 5.10 Å². The van der Waals surface area contributed by atoms with Gasteiger partial charge in [0.15, 0.2) is 5.65 Å². The van der Waals surface area contributed by atoms with Crippen LogP contribution in [0.15, 0.2) is 79.0 Å². The monoisotopic (exact) mass is 564 g/mol. The quantitative estimate of drug-likeness (QED) is 0.263. The number of carboxylic acid groups (broad SMARTS) is 1. The molecule has 220 valence electrons. The third-order valence-corrected chi connectivity index (χ3v) is 7.24. The summed E-state index contributed by atoms with van der Waals surface area (Å²) in [6, 6.07) is 24.5. The second-order valence-corrected chi connectivity index (χ2v) is 10.4. The van der Waals surface area contributed by atoms with Crippen LogP contribution >= 0.6 is 0 Å². The summed E-state index contributed by atoms with van der Waals surface area (Å²) in [5.74, 6) is -0.172. The van der Waals surface area contributed by atoms with Crippen molar-refractivity contribution in [2.24, 2.45) is 0 Å². The number of benzene rings is 2. The van der Waals surface area contributed by atoms with E-state index in [1.54, 1.807) is 24.6 Å². The van der Waals surface area contributed by atoms with Gasteiger partial charge in [0.2, 0.25) is 0 Å². The van der Waals surface area contributed by atoms with Crippen LogP contribution in [0.4, 0.5) is 5.82 Å². The van der Waals surface area contributed by atoms with E-state index < -0.39 is 11.4 Å². The van der Waals surface area contributed by atoms with E-state index in [-0.39, 0.29) is 17.1 Å². The Balaban J connectivity index is 0.00000231. The molecule has 0 amide bonds. The molecule has 11 nitrogen and oxygen atoms in total. The molecule has 6 N–H and O–H groups in total. The molecule has 0 unspecified atom stereocenters. The number of aliphatic carboxylic acids is 1. The molecule has 5 rings (SSSR count). The molecule has 1 saturated heterocycles. The number of hydrogen-bond acceptors (Lipinski definition) is 7. The molecule has 0 saturated carbocycles. The number of carboxylic acids is 1. The number of anilines is 1. The summed E-state index contributed by atoms with van der Waals surface area (Å²) >= 11 is 0. The van der Waals surface area contributed by atoms with Gasteiger partial charge in [-0.1, -0.05) is 60.7 Å². The summed E-state index contributed by atoms with van der Waals surface area (Å²) in [6.45, 7) is 8.71. The number of carbonyl (C=O) groups is 1. The number of nitrogens with one attached hydrogen (secondary N) is 1. The zero-order valence-electron chi connectivity index (χ0n) is 23.5. The third kappa shape index (κ3) is 7.66. The van der Waals surface area contributed by atoms with E-state index in [0.717, 1.165) is 62.6 Å². The minimum Gasteiger partial charge on any atom is -0.481 e. The van der Waals surface area contributed by atoms with Crippen molar-refractivity contribution in [3.8, 4) is 0 Å². The van der Waals surface area contributed by atoms with E-state index in [1.165, 1.54) is 0 Å². The molecule has 3 heterocycles. The first-order chi connectivity index (χ1) is 18.9. The minimum atomic E-state index is -1.07.